The fraction of sp³-hybridized carbons (Fsp3) is 0.318. The molecule has 0 saturated carbocycles. The van der Waals surface area contributed by atoms with Gasteiger partial charge in [-0.15, -0.1) is 0 Å². The minimum atomic E-state index is -0.314. The zero-order valence-corrected chi connectivity index (χ0v) is 15.7. The summed E-state index contributed by atoms with van der Waals surface area (Å²) in [4.78, 5) is 21.0. The zero-order valence-electron chi connectivity index (χ0n) is 15.7. The molecule has 0 aliphatic carbocycles. The molecule has 3 aromatic rings. The molecule has 28 heavy (non-hydrogen) atoms. The Labute approximate surface area is 163 Å². The standard InChI is InChI=1S/C22H22N4O2/c23-16-17-5-1-2-8-21(17)26-13-11-25(12-14-26)10-4-6-18-15-20-19(22(27)28-18)7-3-9-24-20/h1-3,5,7-9,15H,4,6,10-14H2. The molecule has 6 heteroatoms. The van der Waals surface area contributed by atoms with Crippen LogP contribution >= 0.6 is 0 Å². The maximum atomic E-state index is 12.0. The number of rotatable bonds is 5. The summed E-state index contributed by atoms with van der Waals surface area (Å²) in [5.41, 5.74) is 2.13. The van der Waals surface area contributed by atoms with Crippen LogP contribution in [0.5, 0.6) is 0 Å². The van der Waals surface area contributed by atoms with E-state index in [2.05, 4.69) is 20.9 Å². The van der Waals surface area contributed by atoms with Gasteiger partial charge in [0, 0.05) is 44.9 Å². The van der Waals surface area contributed by atoms with Crippen molar-refractivity contribution >= 4 is 16.6 Å². The Hall–Kier alpha value is -3.17. The summed E-state index contributed by atoms with van der Waals surface area (Å²) >= 11 is 0. The lowest BCUT2D eigenvalue weighted by molar-refractivity contribution is 0.252. The van der Waals surface area contributed by atoms with Gasteiger partial charge in [-0.05, 0) is 37.2 Å². The molecule has 3 heterocycles. The van der Waals surface area contributed by atoms with Crippen molar-refractivity contribution < 1.29 is 4.42 Å². The van der Waals surface area contributed by atoms with Crippen molar-refractivity contribution in [3.63, 3.8) is 0 Å². The fourth-order valence-electron chi connectivity index (χ4n) is 3.72. The maximum absolute atomic E-state index is 12.0. The first-order valence-corrected chi connectivity index (χ1v) is 9.59. The second kappa shape index (κ2) is 8.24. The summed E-state index contributed by atoms with van der Waals surface area (Å²) < 4.78 is 5.43. The van der Waals surface area contributed by atoms with E-state index in [9.17, 15) is 10.1 Å². The molecule has 0 radical (unpaired) electrons. The van der Waals surface area contributed by atoms with Crippen molar-refractivity contribution in [1.29, 1.82) is 5.26 Å². The van der Waals surface area contributed by atoms with E-state index < -0.39 is 0 Å². The predicted molar refractivity (Wildman–Crippen MR) is 108 cm³/mol. The first kappa shape index (κ1) is 18.2. The first-order chi connectivity index (χ1) is 13.7. The average molecular weight is 374 g/mol. The van der Waals surface area contributed by atoms with Gasteiger partial charge < -0.3 is 9.32 Å². The summed E-state index contributed by atoms with van der Waals surface area (Å²) in [6.45, 7) is 4.70. The molecule has 1 aliphatic rings. The third kappa shape index (κ3) is 3.90. The SMILES string of the molecule is N#Cc1ccccc1N1CCN(CCCc2cc3ncccc3c(=O)o2)CC1. The highest BCUT2D eigenvalue weighted by Gasteiger charge is 2.18. The number of piperazine rings is 1. The van der Waals surface area contributed by atoms with Crippen LogP contribution in [0.25, 0.3) is 10.9 Å². The number of fused-ring (bicyclic) bond motifs is 1. The quantitative estimate of drug-likeness (QED) is 0.684. The van der Waals surface area contributed by atoms with Crippen LogP contribution in [0.3, 0.4) is 0 Å². The van der Waals surface area contributed by atoms with E-state index in [0.717, 1.165) is 56.8 Å². The van der Waals surface area contributed by atoms with Gasteiger partial charge in [-0.25, -0.2) is 4.79 Å². The third-order valence-electron chi connectivity index (χ3n) is 5.21. The number of hydrogen-bond acceptors (Lipinski definition) is 6. The Morgan fingerprint density at radius 1 is 1.11 bits per heavy atom. The molecule has 1 aromatic carbocycles. The molecule has 4 rings (SSSR count). The van der Waals surface area contributed by atoms with Gasteiger partial charge in [0.2, 0.25) is 0 Å². The molecule has 0 bridgehead atoms. The molecule has 0 atom stereocenters. The highest BCUT2D eigenvalue weighted by molar-refractivity contribution is 5.76. The summed E-state index contributed by atoms with van der Waals surface area (Å²) in [5.74, 6) is 0.692. The van der Waals surface area contributed by atoms with Crippen LogP contribution in [-0.4, -0.2) is 42.6 Å². The summed E-state index contributed by atoms with van der Waals surface area (Å²) in [6.07, 6.45) is 3.34. The lowest BCUT2D eigenvalue weighted by Gasteiger charge is -2.36. The molecule has 0 amide bonds. The van der Waals surface area contributed by atoms with E-state index in [1.54, 1.807) is 18.3 Å². The van der Waals surface area contributed by atoms with Gasteiger partial charge in [0.15, 0.2) is 0 Å². The lowest BCUT2D eigenvalue weighted by atomic mass is 10.1. The van der Waals surface area contributed by atoms with Crippen molar-refractivity contribution in [3.05, 3.63) is 70.4 Å². The van der Waals surface area contributed by atoms with Gasteiger partial charge in [0.1, 0.15) is 11.8 Å². The fourth-order valence-corrected chi connectivity index (χ4v) is 3.72. The molecule has 0 spiro atoms. The number of aromatic nitrogens is 1. The smallest absolute Gasteiger partial charge is 0.345 e. The molecular formula is C22H22N4O2. The molecule has 1 saturated heterocycles. The minimum absolute atomic E-state index is 0.314. The molecule has 6 nitrogen and oxygen atoms in total. The van der Waals surface area contributed by atoms with E-state index in [-0.39, 0.29) is 5.63 Å². The monoisotopic (exact) mass is 374 g/mol. The normalized spacial score (nSPS) is 14.9. The first-order valence-electron chi connectivity index (χ1n) is 9.59. The minimum Gasteiger partial charge on any atom is -0.427 e. The van der Waals surface area contributed by atoms with Crippen molar-refractivity contribution in [1.82, 2.24) is 9.88 Å². The van der Waals surface area contributed by atoms with Crippen LogP contribution in [0, 0.1) is 11.3 Å². The molecule has 2 aromatic heterocycles. The van der Waals surface area contributed by atoms with E-state index in [4.69, 9.17) is 4.42 Å². The number of para-hydroxylation sites is 1. The van der Waals surface area contributed by atoms with E-state index in [1.165, 1.54) is 0 Å². The Morgan fingerprint density at radius 3 is 2.75 bits per heavy atom. The van der Waals surface area contributed by atoms with Crippen LogP contribution in [0.4, 0.5) is 5.69 Å². The number of nitrogens with zero attached hydrogens (tertiary/aromatic N) is 4. The van der Waals surface area contributed by atoms with Crippen LogP contribution in [-0.2, 0) is 6.42 Å². The summed E-state index contributed by atoms with van der Waals surface area (Å²) in [7, 11) is 0. The van der Waals surface area contributed by atoms with Crippen molar-refractivity contribution in [2.45, 2.75) is 12.8 Å². The number of nitriles is 1. The maximum Gasteiger partial charge on any atom is 0.345 e. The van der Waals surface area contributed by atoms with Crippen molar-refractivity contribution in [3.8, 4) is 6.07 Å². The van der Waals surface area contributed by atoms with Crippen molar-refractivity contribution in [2.75, 3.05) is 37.6 Å². The number of aryl methyl sites for hydroxylation is 1. The Balaban J connectivity index is 1.30. The number of anilines is 1. The van der Waals surface area contributed by atoms with Gasteiger partial charge in [0.25, 0.3) is 0 Å². The number of hydrogen-bond donors (Lipinski definition) is 0. The molecule has 142 valence electrons. The average Bonchev–Trinajstić information content (AvgIpc) is 2.74. The Bertz CT molecular complexity index is 1060. The Morgan fingerprint density at radius 2 is 1.93 bits per heavy atom. The summed E-state index contributed by atoms with van der Waals surface area (Å²) in [6, 6.07) is 15.4. The van der Waals surface area contributed by atoms with E-state index in [0.29, 0.717) is 16.7 Å². The lowest BCUT2D eigenvalue weighted by Crippen LogP contribution is -2.46. The topological polar surface area (TPSA) is 73.4 Å². The molecule has 1 aliphatic heterocycles. The third-order valence-corrected chi connectivity index (χ3v) is 5.21. The van der Waals surface area contributed by atoms with Gasteiger partial charge >= 0.3 is 5.63 Å². The van der Waals surface area contributed by atoms with Crippen LogP contribution in [0.1, 0.15) is 17.7 Å². The Kier molecular flexibility index (Phi) is 5.36. The van der Waals surface area contributed by atoms with Crippen LogP contribution < -0.4 is 10.5 Å². The molecular weight excluding hydrogens is 352 g/mol. The largest absolute Gasteiger partial charge is 0.427 e. The second-order valence-corrected chi connectivity index (χ2v) is 7.00. The molecule has 1 fully saturated rings. The molecule has 0 N–H and O–H groups in total. The predicted octanol–water partition coefficient (Wildman–Crippen LogP) is 2.81. The number of benzene rings is 1. The highest BCUT2D eigenvalue weighted by Crippen LogP contribution is 2.21. The molecule has 0 unspecified atom stereocenters. The summed E-state index contributed by atoms with van der Waals surface area (Å²) in [5, 5.41) is 9.82. The van der Waals surface area contributed by atoms with Gasteiger partial charge in [0.05, 0.1) is 22.2 Å². The number of pyridine rings is 1. The van der Waals surface area contributed by atoms with E-state index >= 15 is 0 Å². The van der Waals surface area contributed by atoms with Gasteiger partial charge in [-0.3, -0.25) is 9.88 Å². The zero-order chi connectivity index (χ0) is 19.3. The van der Waals surface area contributed by atoms with Gasteiger partial charge in [-0.2, -0.15) is 5.26 Å². The highest BCUT2D eigenvalue weighted by atomic mass is 16.4. The second-order valence-electron chi connectivity index (χ2n) is 7.00. The van der Waals surface area contributed by atoms with Gasteiger partial charge in [-0.1, -0.05) is 12.1 Å². The van der Waals surface area contributed by atoms with Crippen LogP contribution in [0.2, 0.25) is 0 Å². The van der Waals surface area contributed by atoms with E-state index in [1.807, 2.05) is 30.3 Å². The van der Waals surface area contributed by atoms with Crippen LogP contribution in [0.15, 0.2) is 57.9 Å². The van der Waals surface area contributed by atoms with Crippen molar-refractivity contribution in [2.24, 2.45) is 0 Å².